The molecule has 4 aliphatic rings. The molecule has 7 heteroatoms. The number of hydrazone groups is 1. The summed E-state index contributed by atoms with van der Waals surface area (Å²) in [6, 6.07) is 1.85. The van der Waals surface area contributed by atoms with E-state index in [4.69, 9.17) is 15.6 Å². The van der Waals surface area contributed by atoms with Crippen molar-refractivity contribution in [2.24, 2.45) is 33.5 Å². The van der Waals surface area contributed by atoms with Crippen LogP contribution in [-0.4, -0.2) is 27.5 Å². The molecule has 4 aliphatic carbocycles. The van der Waals surface area contributed by atoms with Gasteiger partial charge in [-0.3, -0.25) is 5.41 Å². The number of rotatable bonds is 2. The molecular formula is C24H34N4O3. The van der Waals surface area contributed by atoms with Crippen LogP contribution in [0.15, 0.2) is 39.8 Å². The monoisotopic (exact) mass is 426 g/mol. The topological polar surface area (TPSA) is 128 Å². The number of furan rings is 1. The predicted molar refractivity (Wildman–Crippen MR) is 118 cm³/mol. The fourth-order valence-electron chi connectivity index (χ4n) is 7.74. The molecule has 5 rings (SSSR count). The zero-order chi connectivity index (χ0) is 22.1. The quantitative estimate of drug-likeness (QED) is 0.281. The van der Waals surface area contributed by atoms with Gasteiger partial charge in [0.05, 0.1) is 23.8 Å². The summed E-state index contributed by atoms with van der Waals surface area (Å²) in [7, 11) is 0. The van der Waals surface area contributed by atoms with Crippen LogP contribution in [0.5, 0.6) is 0 Å². The maximum Gasteiger partial charge on any atom is 0.206 e. The van der Waals surface area contributed by atoms with Crippen LogP contribution in [0.3, 0.4) is 0 Å². The van der Waals surface area contributed by atoms with E-state index >= 15 is 0 Å². The largest absolute Gasteiger partial charge is 0.472 e. The molecule has 6 N–H and O–H groups in total. The molecule has 0 spiro atoms. The van der Waals surface area contributed by atoms with Gasteiger partial charge in [0, 0.05) is 11.0 Å². The summed E-state index contributed by atoms with van der Waals surface area (Å²) in [5, 5.41) is 35.7. The maximum atomic E-state index is 12.2. The molecule has 1 heterocycles. The lowest BCUT2D eigenvalue weighted by Gasteiger charge is -2.62. The Bertz CT molecular complexity index is 956. The lowest BCUT2D eigenvalue weighted by atomic mass is 9.44. The number of fused-ring (bicyclic) bond motifs is 5. The van der Waals surface area contributed by atoms with Gasteiger partial charge in [-0.1, -0.05) is 19.4 Å². The first-order valence-electron chi connectivity index (χ1n) is 11.5. The minimum atomic E-state index is -1.05. The second kappa shape index (κ2) is 6.69. The normalized spacial score (nSPS) is 45.4. The van der Waals surface area contributed by atoms with Crippen LogP contribution < -0.4 is 11.2 Å². The van der Waals surface area contributed by atoms with Gasteiger partial charge in [-0.2, -0.15) is 5.10 Å². The van der Waals surface area contributed by atoms with E-state index in [1.807, 2.05) is 6.07 Å². The van der Waals surface area contributed by atoms with Crippen molar-refractivity contribution in [1.29, 1.82) is 5.41 Å². The first kappa shape index (κ1) is 20.8. The van der Waals surface area contributed by atoms with E-state index in [1.165, 1.54) is 5.57 Å². The van der Waals surface area contributed by atoms with Gasteiger partial charge < -0.3 is 20.4 Å². The molecular weight excluding hydrogens is 392 g/mol. The number of nitrogens with zero attached hydrogens (tertiary/aromatic N) is 1. The van der Waals surface area contributed by atoms with Gasteiger partial charge in [-0.25, -0.2) is 5.43 Å². The summed E-state index contributed by atoms with van der Waals surface area (Å²) in [6.45, 7) is 4.45. The first-order chi connectivity index (χ1) is 14.6. The Balaban J connectivity index is 1.48. The lowest BCUT2D eigenvalue weighted by Crippen LogP contribution is -2.63. The SMILES string of the molecule is C[C@]12CC[C@H]3[C@@H](CCC4=C/C(=N/NC(=N)N)CC[C@@]43C)[C@@]1(O)CC[C@]2(O)c1ccoc1. The van der Waals surface area contributed by atoms with Gasteiger partial charge in [0.2, 0.25) is 5.96 Å². The lowest BCUT2D eigenvalue weighted by molar-refractivity contribution is -0.221. The molecule has 0 aromatic carbocycles. The molecule has 3 saturated carbocycles. The van der Waals surface area contributed by atoms with E-state index in [9.17, 15) is 10.2 Å². The van der Waals surface area contributed by atoms with Gasteiger partial charge in [-0.15, -0.1) is 0 Å². The van der Waals surface area contributed by atoms with Crippen molar-refractivity contribution in [2.45, 2.75) is 76.4 Å². The predicted octanol–water partition coefficient (Wildman–Crippen LogP) is 3.38. The molecule has 0 bridgehead atoms. The third kappa shape index (κ3) is 2.65. The number of allylic oxidation sites excluding steroid dienone is 2. The van der Waals surface area contributed by atoms with E-state index in [0.717, 1.165) is 49.8 Å². The first-order valence-corrected chi connectivity index (χ1v) is 11.5. The Morgan fingerprint density at radius 2 is 1.97 bits per heavy atom. The Kier molecular flexibility index (Phi) is 4.48. The summed E-state index contributed by atoms with van der Waals surface area (Å²) in [6.07, 6.45) is 12.1. The number of hydrogen-bond donors (Lipinski definition) is 5. The Morgan fingerprint density at radius 1 is 1.16 bits per heavy atom. The van der Waals surface area contributed by atoms with Crippen molar-refractivity contribution in [3.05, 3.63) is 35.8 Å². The van der Waals surface area contributed by atoms with Crippen LogP contribution in [0.25, 0.3) is 0 Å². The van der Waals surface area contributed by atoms with Crippen molar-refractivity contribution in [3.8, 4) is 0 Å². The van der Waals surface area contributed by atoms with Crippen molar-refractivity contribution < 1.29 is 14.6 Å². The highest BCUT2D eigenvalue weighted by atomic mass is 16.3. The smallest absolute Gasteiger partial charge is 0.206 e. The summed E-state index contributed by atoms with van der Waals surface area (Å²) in [5.74, 6) is 0.408. The van der Waals surface area contributed by atoms with Gasteiger partial charge in [-0.05, 0) is 80.8 Å². The van der Waals surface area contributed by atoms with Crippen molar-refractivity contribution in [1.82, 2.24) is 5.43 Å². The second-order valence-electron chi connectivity index (χ2n) is 10.6. The third-order valence-electron chi connectivity index (χ3n) is 9.63. The second-order valence-corrected chi connectivity index (χ2v) is 10.6. The molecule has 7 nitrogen and oxygen atoms in total. The summed E-state index contributed by atoms with van der Waals surface area (Å²) in [4.78, 5) is 0. The molecule has 31 heavy (non-hydrogen) atoms. The van der Waals surface area contributed by atoms with Crippen LogP contribution in [-0.2, 0) is 5.60 Å². The van der Waals surface area contributed by atoms with Crippen LogP contribution in [0.2, 0.25) is 0 Å². The Labute approximate surface area is 183 Å². The number of guanidine groups is 1. The minimum Gasteiger partial charge on any atom is -0.472 e. The van der Waals surface area contributed by atoms with Crippen LogP contribution in [0, 0.1) is 28.1 Å². The average Bonchev–Trinajstić information content (AvgIpc) is 3.34. The van der Waals surface area contributed by atoms with E-state index in [2.05, 4.69) is 30.5 Å². The van der Waals surface area contributed by atoms with E-state index < -0.39 is 16.6 Å². The van der Waals surface area contributed by atoms with Crippen molar-refractivity contribution >= 4 is 11.7 Å². The van der Waals surface area contributed by atoms with Gasteiger partial charge >= 0.3 is 0 Å². The summed E-state index contributed by atoms with van der Waals surface area (Å²) >= 11 is 0. The van der Waals surface area contributed by atoms with Gasteiger partial charge in [0.25, 0.3) is 0 Å². The number of nitrogens with one attached hydrogen (secondary N) is 2. The zero-order valence-corrected chi connectivity index (χ0v) is 18.4. The zero-order valence-electron chi connectivity index (χ0n) is 18.4. The van der Waals surface area contributed by atoms with E-state index in [-0.39, 0.29) is 17.3 Å². The molecule has 0 saturated heterocycles. The highest BCUT2D eigenvalue weighted by Crippen LogP contribution is 2.71. The van der Waals surface area contributed by atoms with Crippen molar-refractivity contribution in [2.75, 3.05) is 0 Å². The number of aliphatic hydroxyl groups is 2. The Hall–Kier alpha value is -2.12. The molecule has 1 aromatic rings. The van der Waals surface area contributed by atoms with E-state index in [1.54, 1.807) is 12.5 Å². The molecule has 6 atom stereocenters. The van der Waals surface area contributed by atoms with Crippen LogP contribution >= 0.6 is 0 Å². The van der Waals surface area contributed by atoms with Gasteiger partial charge in [0.1, 0.15) is 5.60 Å². The highest BCUT2D eigenvalue weighted by molar-refractivity contribution is 5.97. The molecule has 0 amide bonds. The van der Waals surface area contributed by atoms with Crippen LogP contribution in [0.4, 0.5) is 0 Å². The Morgan fingerprint density at radius 3 is 2.68 bits per heavy atom. The van der Waals surface area contributed by atoms with Crippen LogP contribution in [0.1, 0.15) is 70.8 Å². The number of hydrogen-bond acceptors (Lipinski definition) is 5. The standard InChI is InChI=1S/C24H34N4O3/c1-21-8-5-17(27-28-20(25)26)13-15(21)3-4-19-18(21)6-9-22(2)23(29,10-11-24(19,22)30)16-7-12-31-14-16/h7,12-14,18-19,29-30H,3-6,8-11H2,1-2H3,(H4,25,26,28)/b27-17+/t18-,19+,21-,22+,23-,24-/m0/s1. The molecule has 0 aliphatic heterocycles. The van der Waals surface area contributed by atoms with Crippen molar-refractivity contribution in [3.63, 3.8) is 0 Å². The molecule has 168 valence electrons. The van der Waals surface area contributed by atoms with Gasteiger partial charge in [0.15, 0.2) is 0 Å². The maximum absolute atomic E-state index is 12.2. The highest BCUT2D eigenvalue weighted by Gasteiger charge is 2.71. The fraction of sp³-hybridized carbons (Fsp3) is 0.667. The molecule has 3 fully saturated rings. The number of nitrogens with two attached hydrogens (primary N) is 1. The summed E-state index contributed by atoms with van der Waals surface area (Å²) in [5.41, 5.74) is 8.59. The minimum absolute atomic E-state index is 0.0333. The fourth-order valence-corrected chi connectivity index (χ4v) is 7.74. The molecule has 1 aromatic heterocycles. The third-order valence-corrected chi connectivity index (χ3v) is 9.63. The molecule has 0 radical (unpaired) electrons. The van der Waals surface area contributed by atoms with E-state index in [0.29, 0.717) is 18.8 Å². The average molecular weight is 427 g/mol. The molecule has 0 unspecified atom stereocenters. The summed E-state index contributed by atoms with van der Waals surface area (Å²) < 4.78 is 5.30.